The van der Waals surface area contributed by atoms with Crippen LogP contribution >= 0.6 is 0 Å². The van der Waals surface area contributed by atoms with Gasteiger partial charge in [0.05, 0.1) is 18.8 Å². The molecule has 1 heterocycles. The first-order chi connectivity index (χ1) is 12.4. The van der Waals surface area contributed by atoms with Gasteiger partial charge < -0.3 is 5.32 Å². The maximum absolute atomic E-state index is 12.2. The van der Waals surface area contributed by atoms with Crippen LogP contribution in [0.3, 0.4) is 0 Å². The summed E-state index contributed by atoms with van der Waals surface area (Å²) >= 11 is 0. The predicted octanol–water partition coefficient (Wildman–Crippen LogP) is 3.14. The Bertz CT molecular complexity index is 706. The third-order valence-corrected chi connectivity index (χ3v) is 4.67. The molecule has 5 heteroatoms. The minimum atomic E-state index is 0.0610. The van der Waals surface area contributed by atoms with Gasteiger partial charge in [0.1, 0.15) is 0 Å². The molecule has 1 aromatic carbocycles. The maximum atomic E-state index is 12.2. The van der Waals surface area contributed by atoms with Crippen molar-refractivity contribution in [2.75, 3.05) is 20.1 Å². The number of rotatable bonds is 9. The van der Waals surface area contributed by atoms with Gasteiger partial charge in [-0.05, 0) is 45.3 Å². The van der Waals surface area contributed by atoms with Gasteiger partial charge in [0.2, 0.25) is 5.91 Å². The van der Waals surface area contributed by atoms with E-state index in [2.05, 4.69) is 48.2 Å². The van der Waals surface area contributed by atoms with E-state index in [0.717, 1.165) is 36.5 Å². The van der Waals surface area contributed by atoms with Crippen LogP contribution in [0.1, 0.15) is 42.8 Å². The van der Waals surface area contributed by atoms with E-state index in [1.807, 2.05) is 36.9 Å². The molecule has 26 heavy (non-hydrogen) atoms. The summed E-state index contributed by atoms with van der Waals surface area (Å²) in [5.41, 5.74) is 4.42. The first-order valence-corrected chi connectivity index (χ1v) is 9.39. The monoisotopic (exact) mass is 356 g/mol. The summed E-state index contributed by atoms with van der Waals surface area (Å²) in [7, 11) is 2.00. The van der Waals surface area contributed by atoms with Crippen LogP contribution < -0.4 is 5.32 Å². The first kappa shape index (κ1) is 20.2. The molecule has 0 saturated heterocycles. The van der Waals surface area contributed by atoms with E-state index >= 15 is 0 Å². The minimum absolute atomic E-state index is 0.0610. The number of hydrogen-bond acceptors (Lipinski definition) is 3. The summed E-state index contributed by atoms with van der Waals surface area (Å²) in [4.78, 5) is 14.3. The molecule has 0 atom stereocenters. The Morgan fingerprint density at radius 2 is 1.92 bits per heavy atom. The van der Waals surface area contributed by atoms with Crippen LogP contribution in [0.2, 0.25) is 0 Å². The van der Waals surface area contributed by atoms with Gasteiger partial charge in [-0.2, -0.15) is 5.10 Å². The summed E-state index contributed by atoms with van der Waals surface area (Å²) in [6, 6.07) is 10.3. The van der Waals surface area contributed by atoms with Gasteiger partial charge in [-0.1, -0.05) is 44.2 Å². The molecule has 5 nitrogen and oxygen atoms in total. The molecule has 0 fully saturated rings. The maximum Gasteiger partial charge on any atom is 0.234 e. The summed E-state index contributed by atoms with van der Waals surface area (Å²) in [6.07, 6.45) is 1.11. The van der Waals surface area contributed by atoms with Crippen molar-refractivity contribution in [3.63, 3.8) is 0 Å². The van der Waals surface area contributed by atoms with E-state index in [9.17, 15) is 4.79 Å². The number of carbonyl (C=O) groups is 1. The molecule has 2 rings (SSSR count). The van der Waals surface area contributed by atoms with Crippen LogP contribution in [-0.4, -0.2) is 40.7 Å². The summed E-state index contributed by atoms with van der Waals surface area (Å²) in [5.74, 6) is 0.715. The molecule has 142 valence electrons. The lowest BCUT2D eigenvalue weighted by molar-refractivity contribution is -0.122. The zero-order valence-corrected chi connectivity index (χ0v) is 16.7. The average Bonchev–Trinajstić information content (AvgIpc) is 2.85. The van der Waals surface area contributed by atoms with Gasteiger partial charge >= 0.3 is 0 Å². The Kier molecular flexibility index (Phi) is 7.39. The van der Waals surface area contributed by atoms with E-state index in [4.69, 9.17) is 0 Å². The second kappa shape index (κ2) is 9.53. The lowest BCUT2D eigenvalue weighted by Gasteiger charge is -2.17. The van der Waals surface area contributed by atoms with Crippen molar-refractivity contribution in [3.8, 4) is 0 Å². The normalized spacial score (nSPS) is 11.3. The Hall–Kier alpha value is -2.14. The first-order valence-electron chi connectivity index (χ1n) is 9.39. The van der Waals surface area contributed by atoms with Crippen molar-refractivity contribution in [2.24, 2.45) is 5.92 Å². The largest absolute Gasteiger partial charge is 0.351 e. The van der Waals surface area contributed by atoms with Crippen LogP contribution in [0.4, 0.5) is 0 Å². The average molecular weight is 357 g/mol. The zero-order chi connectivity index (χ0) is 19.1. The quantitative estimate of drug-likeness (QED) is 0.751. The minimum Gasteiger partial charge on any atom is -0.351 e. The van der Waals surface area contributed by atoms with Crippen molar-refractivity contribution in [3.05, 3.63) is 52.8 Å². The van der Waals surface area contributed by atoms with E-state index in [0.29, 0.717) is 19.0 Å². The van der Waals surface area contributed by atoms with Gasteiger partial charge in [0, 0.05) is 17.8 Å². The van der Waals surface area contributed by atoms with E-state index in [-0.39, 0.29) is 5.91 Å². The molecule has 0 unspecified atom stereocenters. The molecule has 0 aliphatic heterocycles. The lowest BCUT2D eigenvalue weighted by atomic mass is 10.1. The third-order valence-electron chi connectivity index (χ3n) is 4.67. The molecular formula is C21H32N4O. The topological polar surface area (TPSA) is 50.2 Å². The Morgan fingerprint density at radius 3 is 2.58 bits per heavy atom. The fourth-order valence-electron chi connectivity index (χ4n) is 2.95. The number of benzene rings is 1. The fraction of sp³-hybridized carbons (Fsp3) is 0.524. The van der Waals surface area contributed by atoms with E-state index in [1.54, 1.807) is 0 Å². The molecule has 0 aliphatic carbocycles. The number of likely N-dealkylation sites (N-methyl/N-ethyl adjacent to an activating group) is 1. The number of amides is 1. The van der Waals surface area contributed by atoms with Crippen molar-refractivity contribution in [1.82, 2.24) is 20.0 Å². The molecule has 0 bridgehead atoms. The summed E-state index contributed by atoms with van der Waals surface area (Å²) in [5, 5.41) is 7.69. The van der Waals surface area contributed by atoms with Crippen LogP contribution in [0.5, 0.6) is 0 Å². The van der Waals surface area contributed by atoms with Crippen molar-refractivity contribution >= 4 is 5.91 Å². The second-order valence-electron chi connectivity index (χ2n) is 7.49. The lowest BCUT2D eigenvalue weighted by Crippen LogP contribution is -2.35. The molecular weight excluding hydrogens is 324 g/mol. The fourth-order valence-corrected chi connectivity index (χ4v) is 2.95. The number of nitrogens with one attached hydrogen (secondary N) is 1. The number of aromatic nitrogens is 2. The molecule has 1 aromatic heterocycles. The number of carbonyl (C=O) groups excluding carboxylic acids is 1. The molecule has 0 saturated carbocycles. The Morgan fingerprint density at radius 1 is 1.23 bits per heavy atom. The summed E-state index contributed by atoms with van der Waals surface area (Å²) < 4.78 is 2.01. The van der Waals surface area contributed by atoms with Gasteiger partial charge in [0.15, 0.2) is 0 Å². The van der Waals surface area contributed by atoms with Gasteiger partial charge in [0.25, 0.3) is 0 Å². The van der Waals surface area contributed by atoms with Crippen LogP contribution in [0.25, 0.3) is 0 Å². The highest BCUT2D eigenvalue weighted by atomic mass is 16.2. The van der Waals surface area contributed by atoms with Gasteiger partial charge in [-0.15, -0.1) is 0 Å². The van der Waals surface area contributed by atoms with E-state index in [1.165, 1.54) is 5.56 Å². The number of hydrogen-bond donors (Lipinski definition) is 1. The molecule has 0 radical (unpaired) electrons. The number of nitrogens with zero attached hydrogens (tertiary/aromatic N) is 3. The highest BCUT2D eigenvalue weighted by Gasteiger charge is 2.13. The van der Waals surface area contributed by atoms with Crippen LogP contribution in [0, 0.1) is 19.8 Å². The molecule has 1 N–H and O–H groups in total. The SMILES string of the molecule is Cc1nn(Cc2ccccc2)c(C)c1CNC(=O)CN(C)CCC(C)C. The molecule has 0 aliphatic rings. The second-order valence-corrected chi connectivity index (χ2v) is 7.49. The van der Waals surface area contributed by atoms with Crippen LogP contribution in [-0.2, 0) is 17.9 Å². The van der Waals surface area contributed by atoms with Crippen molar-refractivity contribution < 1.29 is 4.79 Å². The van der Waals surface area contributed by atoms with Gasteiger partial charge in [-0.3, -0.25) is 14.4 Å². The Labute approximate surface area is 157 Å². The molecule has 0 spiro atoms. The van der Waals surface area contributed by atoms with Crippen LogP contribution in [0.15, 0.2) is 30.3 Å². The highest BCUT2D eigenvalue weighted by molar-refractivity contribution is 5.78. The molecule has 1 amide bonds. The highest BCUT2D eigenvalue weighted by Crippen LogP contribution is 2.14. The summed E-state index contributed by atoms with van der Waals surface area (Å²) in [6.45, 7) is 11.1. The predicted molar refractivity (Wildman–Crippen MR) is 106 cm³/mol. The van der Waals surface area contributed by atoms with Crippen molar-refractivity contribution in [2.45, 2.75) is 47.2 Å². The number of aryl methyl sites for hydroxylation is 1. The third kappa shape index (κ3) is 5.99. The molecule has 2 aromatic rings. The zero-order valence-electron chi connectivity index (χ0n) is 16.7. The smallest absolute Gasteiger partial charge is 0.234 e. The van der Waals surface area contributed by atoms with E-state index < -0.39 is 0 Å². The van der Waals surface area contributed by atoms with Crippen molar-refractivity contribution in [1.29, 1.82) is 0 Å². The standard InChI is InChI=1S/C21H32N4O/c1-16(2)11-12-24(5)15-21(26)22-13-20-17(3)23-25(18(20)4)14-19-9-7-6-8-10-19/h6-10,16H,11-15H2,1-5H3,(H,22,26). The Balaban J connectivity index is 1.90. The van der Waals surface area contributed by atoms with Gasteiger partial charge in [-0.25, -0.2) is 0 Å².